The fourth-order valence-corrected chi connectivity index (χ4v) is 3.30. The Balaban J connectivity index is 1.96. The van der Waals surface area contributed by atoms with Gasteiger partial charge in [0.1, 0.15) is 5.75 Å². The number of benzene rings is 2. The molecule has 2 aromatic carbocycles. The Kier molecular flexibility index (Phi) is 3.81. The molecule has 0 saturated heterocycles. The number of carbonyl (C=O) groups excluding carboxylic acids is 2. The zero-order valence-corrected chi connectivity index (χ0v) is 14.5. The number of aromatic nitrogens is 1. The predicted octanol–water partition coefficient (Wildman–Crippen LogP) is 4.53. The molecule has 0 fully saturated rings. The number of pyridine rings is 1. The molecule has 0 aliphatic carbocycles. The summed E-state index contributed by atoms with van der Waals surface area (Å²) in [7, 11) is 1.58. The Hall–Kier alpha value is -3.40. The normalized spacial score (nSPS) is 11.0. The van der Waals surface area contributed by atoms with E-state index in [2.05, 4.69) is 0 Å². The van der Waals surface area contributed by atoms with Gasteiger partial charge in [0.2, 0.25) is 5.78 Å². The molecule has 4 heteroatoms. The summed E-state index contributed by atoms with van der Waals surface area (Å²) >= 11 is 0. The van der Waals surface area contributed by atoms with Crippen LogP contribution in [0.3, 0.4) is 0 Å². The van der Waals surface area contributed by atoms with Crippen LogP contribution in [0.5, 0.6) is 5.75 Å². The maximum Gasteiger partial charge on any atom is 0.209 e. The molecule has 0 bridgehead atoms. The zero-order chi connectivity index (χ0) is 18.3. The first-order valence-electron chi connectivity index (χ1n) is 8.32. The summed E-state index contributed by atoms with van der Waals surface area (Å²) < 4.78 is 6.96. The summed E-state index contributed by atoms with van der Waals surface area (Å²) in [6.07, 6.45) is 1.85. The second kappa shape index (κ2) is 6.15. The summed E-state index contributed by atoms with van der Waals surface area (Å²) in [5.74, 6) is 0.495. The van der Waals surface area contributed by atoms with Gasteiger partial charge in [-0.15, -0.1) is 0 Å². The Labute approximate surface area is 150 Å². The molecular formula is C22H17NO3. The SMILES string of the molecule is COc1ccc(C(=O)c2cc(C(C)=O)c3c4ccccc4ccn23)cc1. The molecule has 4 nitrogen and oxygen atoms in total. The maximum atomic E-state index is 13.1. The van der Waals surface area contributed by atoms with E-state index in [0.29, 0.717) is 22.6 Å². The van der Waals surface area contributed by atoms with E-state index in [-0.39, 0.29) is 11.6 Å². The minimum absolute atomic E-state index is 0.0624. The van der Waals surface area contributed by atoms with Crippen LogP contribution in [0.15, 0.2) is 66.9 Å². The van der Waals surface area contributed by atoms with E-state index in [0.717, 1.165) is 16.3 Å². The molecule has 0 amide bonds. The summed E-state index contributed by atoms with van der Waals surface area (Å²) in [5.41, 5.74) is 2.35. The molecule has 0 spiro atoms. The number of methoxy groups -OCH3 is 1. The van der Waals surface area contributed by atoms with Gasteiger partial charge in [-0.3, -0.25) is 9.59 Å². The number of ether oxygens (including phenoxy) is 1. The molecule has 4 aromatic rings. The molecule has 0 saturated carbocycles. The minimum Gasteiger partial charge on any atom is -0.497 e. The summed E-state index contributed by atoms with van der Waals surface area (Å²) in [6.45, 7) is 1.53. The number of hydrogen-bond acceptors (Lipinski definition) is 3. The van der Waals surface area contributed by atoms with E-state index >= 15 is 0 Å². The van der Waals surface area contributed by atoms with Gasteiger partial charge in [0.05, 0.1) is 18.3 Å². The molecule has 4 rings (SSSR count). The minimum atomic E-state index is -0.134. The van der Waals surface area contributed by atoms with Gasteiger partial charge in [-0.1, -0.05) is 24.3 Å². The summed E-state index contributed by atoms with van der Waals surface area (Å²) in [4.78, 5) is 25.3. The average Bonchev–Trinajstić information content (AvgIpc) is 3.08. The van der Waals surface area contributed by atoms with Crippen LogP contribution in [0.1, 0.15) is 33.3 Å². The van der Waals surface area contributed by atoms with Crippen molar-refractivity contribution in [1.29, 1.82) is 0 Å². The third-order valence-corrected chi connectivity index (χ3v) is 4.62. The lowest BCUT2D eigenvalue weighted by molar-refractivity contribution is 0.101. The van der Waals surface area contributed by atoms with Crippen molar-refractivity contribution in [3.05, 3.63) is 83.7 Å². The monoisotopic (exact) mass is 343 g/mol. The third kappa shape index (κ3) is 2.47. The van der Waals surface area contributed by atoms with E-state index in [1.807, 2.05) is 40.9 Å². The quantitative estimate of drug-likeness (QED) is 0.511. The third-order valence-electron chi connectivity index (χ3n) is 4.62. The number of fused-ring (bicyclic) bond motifs is 3. The van der Waals surface area contributed by atoms with Gasteiger partial charge < -0.3 is 9.14 Å². The first-order chi connectivity index (χ1) is 12.6. The Morgan fingerprint density at radius 3 is 2.38 bits per heavy atom. The lowest BCUT2D eigenvalue weighted by atomic mass is 10.1. The summed E-state index contributed by atoms with van der Waals surface area (Å²) in [6, 6.07) is 18.5. The topological polar surface area (TPSA) is 47.8 Å². The second-order valence-electron chi connectivity index (χ2n) is 6.18. The molecule has 0 radical (unpaired) electrons. The Morgan fingerprint density at radius 1 is 0.962 bits per heavy atom. The molecular weight excluding hydrogens is 326 g/mol. The van der Waals surface area contributed by atoms with Gasteiger partial charge in [0, 0.05) is 22.7 Å². The number of Topliss-reactive ketones (excluding diaryl/α,β-unsaturated/α-hetero) is 1. The molecule has 128 valence electrons. The first kappa shape index (κ1) is 16.1. The summed E-state index contributed by atoms with van der Waals surface area (Å²) in [5, 5.41) is 1.98. The van der Waals surface area contributed by atoms with Crippen LogP contribution >= 0.6 is 0 Å². The first-order valence-corrected chi connectivity index (χ1v) is 8.32. The van der Waals surface area contributed by atoms with E-state index in [1.165, 1.54) is 6.92 Å². The van der Waals surface area contributed by atoms with Gasteiger partial charge in [0.15, 0.2) is 5.78 Å². The van der Waals surface area contributed by atoms with Gasteiger partial charge in [-0.05, 0) is 48.7 Å². The standard InChI is InChI=1S/C22H17NO3/c1-14(24)19-13-20(22(25)16-7-9-17(26-2)10-8-16)23-12-11-15-5-3-4-6-18(15)21(19)23/h3-13H,1-2H3. The zero-order valence-electron chi connectivity index (χ0n) is 14.5. The maximum absolute atomic E-state index is 13.1. The fraction of sp³-hybridized carbons (Fsp3) is 0.0909. The second-order valence-corrected chi connectivity index (χ2v) is 6.18. The predicted molar refractivity (Wildman–Crippen MR) is 101 cm³/mol. The molecule has 26 heavy (non-hydrogen) atoms. The number of carbonyl (C=O) groups is 2. The Morgan fingerprint density at radius 2 is 1.69 bits per heavy atom. The van der Waals surface area contributed by atoms with Crippen molar-refractivity contribution in [2.75, 3.05) is 7.11 Å². The molecule has 0 atom stereocenters. The van der Waals surface area contributed by atoms with E-state index < -0.39 is 0 Å². The van der Waals surface area contributed by atoms with Crippen molar-refractivity contribution in [1.82, 2.24) is 4.40 Å². The van der Waals surface area contributed by atoms with Crippen molar-refractivity contribution >= 4 is 27.9 Å². The Bertz CT molecular complexity index is 1150. The van der Waals surface area contributed by atoms with Gasteiger partial charge >= 0.3 is 0 Å². The highest BCUT2D eigenvalue weighted by Gasteiger charge is 2.20. The van der Waals surface area contributed by atoms with Gasteiger partial charge in [-0.25, -0.2) is 0 Å². The van der Waals surface area contributed by atoms with Crippen molar-refractivity contribution in [3.8, 4) is 5.75 Å². The van der Waals surface area contributed by atoms with Crippen molar-refractivity contribution in [3.63, 3.8) is 0 Å². The van der Waals surface area contributed by atoms with Crippen molar-refractivity contribution < 1.29 is 14.3 Å². The van der Waals surface area contributed by atoms with Gasteiger partial charge in [0.25, 0.3) is 0 Å². The van der Waals surface area contributed by atoms with Crippen LogP contribution in [0.4, 0.5) is 0 Å². The lowest BCUT2D eigenvalue weighted by Gasteiger charge is -2.06. The van der Waals surface area contributed by atoms with E-state index in [9.17, 15) is 9.59 Å². The molecule has 0 N–H and O–H groups in total. The largest absolute Gasteiger partial charge is 0.497 e. The molecule has 0 aliphatic rings. The number of rotatable bonds is 4. The molecule has 2 aromatic heterocycles. The molecule has 0 unspecified atom stereocenters. The number of nitrogens with zero attached hydrogens (tertiary/aromatic N) is 1. The lowest BCUT2D eigenvalue weighted by Crippen LogP contribution is -2.05. The van der Waals surface area contributed by atoms with Crippen LogP contribution in [0, 0.1) is 0 Å². The number of ketones is 2. The van der Waals surface area contributed by atoms with E-state index in [4.69, 9.17) is 4.74 Å². The van der Waals surface area contributed by atoms with Crippen LogP contribution in [-0.4, -0.2) is 23.1 Å². The van der Waals surface area contributed by atoms with Gasteiger partial charge in [-0.2, -0.15) is 0 Å². The van der Waals surface area contributed by atoms with Crippen LogP contribution in [-0.2, 0) is 0 Å². The van der Waals surface area contributed by atoms with Crippen molar-refractivity contribution in [2.24, 2.45) is 0 Å². The smallest absolute Gasteiger partial charge is 0.209 e. The highest BCUT2D eigenvalue weighted by atomic mass is 16.5. The molecule has 2 heterocycles. The molecule has 0 aliphatic heterocycles. The van der Waals surface area contributed by atoms with Crippen LogP contribution in [0.25, 0.3) is 16.3 Å². The average molecular weight is 343 g/mol. The van der Waals surface area contributed by atoms with E-state index in [1.54, 1.807) is 37.4 Å². The van der Waals surface area contributed by atoms with Crippen LogP contribution < -0.4 is 4.74 Å². The highest BCUT2D eigenvalue weighted by Crippen LogP contribution is 2.28. The van der Waals surface area contributed by atoms with Crippen LogP contribution in [0.2, 0.25) is 0 Å². The number of hydrogen-bond donors (Lipinski definition) is 0. The van der Waals surface area contributed by atoms with Crippen molar-refractivity contribution in [2.45, 2.75) is 6.92 Å². The highest BCUT2D eigenvalue weighted by molar-refractivity contribution is 6.15. The fourth-order valence-electron chi connectivity index (χ4n) is 3.30.